The maximum atomic E-state index is 14.2. The largest absolute Gasteiger partial charge is 0.468 e. The van der Waals surface area contributed by atoms with Gasteiger partial charge in [-0.15, -0.1) is 10.2 Å². The van der Waals surface area contributed by atoms with Crippen molar-refractivity contribution in [1.82, 2.24) is 14.8 Å². The molecule has 23 heavy (non-hydrogen) atoms. The minimum Gasteiger partial charge on any atom is -0.468 e. The van der Waals surface area contributed by atoms with E-state index in [1.165, 1.54) is 24.0 Å². The summed E-state index contributed by atoms with van der Waals surface area (Å²) in [6.45, 7) is 0. The van der Waals surface area contributed by atoms with Gasteiger partial charge in [-0.3, -0.25) is 9.36 Å². The van der Waals surface area contributed by atoms with Gasteiger partial charge in [0.25, 0.3) is 0 Å². The summed E-state index contributed by atoms with van der Waals surface area (Å²) in [6.07, 6.45) is 1.50. The molecule has 0 aliphatic heterocycles. The molecule has 1 aromatic carbocycles. The van der Waals surface area contributed by atoms with Crippen molar-refractivity contribution in [3.63, 3.8) is 0 Å². The number of hydrogen-bond acceptors (Lipinski definition) is 6. The van der Waals surface area contributed by atoms with Crippen LogP contribution in [-0.4, -0.2) is 33.6 Å². The maximum Gasteiger partial charge on any atom is 0.316 e. The number of carbonyl (C=O) groups excluding carboxylic acids is 1. The summed E-state index contributed by atoms with van der Waals surface area (Å²) in [6, 6.07) is 9.66. The molecule has 0 amide bonds. The fourth-order valence-electron chi connectivity index (χ4n) is 1.96. The van der Waals surface area contributed by atoms with Crippen LogP contribution >= 0.6 is 11.8 Å². The van der Waals surface area contributed by atoms with Gasteiger partial charge < -0.3 is 9.15 Å². The third-order valence-electron chi connectivity index (χ3n) is 3.02. The van der Waals surface area contributed by atoms with E-state index in [-0.39, 0.29) is 11.4 Å². The fraction of sp³-hybridized carbons (Fsp3) is 0.133. The number of ether oxygens (including phenoxy) is 1. The molecule has 3 aromatic rings. The third-order valence-corrected chi connectivity index (χ3v) is 3.92. The van der Waals surface area contributed by atoms with Gasteiger partial charge in [-0.05, 0) is 24.3 Å². The predicted octanol–water partition coefficient (Wildman–Crippen LogP) is 2.93. The normalized spacial score (nSPS) is 10.7. The Morgan fingerprint density at radius 3 is 2.83 bits per heavy atom. The van der Waals surface area contributed by atoms with Crippen molar-refractivity contribution in [3.8, 4) is 17.3 Å². The number of halogens is 1. The second-order valence-electron chi connectivity index (χ2n) is 4.44. The lowest BCUT2D eigenvalue weighted by atomic mass is 10.3. The van der Waals surface area contributed by atoms with Crippen molar-refractivity contribution in [1.29, 1.82) is 0 Å². The Labute approximate surface area is 135 Å². The van der Waals surface area contributed by atoms with E-state index in [4.69, 9.17) is 4.42 Å². The Bertz CT molecular complexity index is 817. The van der Waals surface area contributed by atoms with Crippen molar-refractivity contribution in [2.75, 3.05) is 12.9 Å². The van der Waals surface area contributed by atoms with Gasteiger partial charge in [0.05, 0.1) is 24.8 Å². The fourth-order valence-corrected chi connectivity index (χ4v) is 2.74. The van der Waals surface area contributed by atoms with E-state index in [0.29, 0.717) is 16.7 Å². The zero-order chi connectivity index (χ0) is 16.2. The number of thioether (sulfide) groups is 1. The zero-order valence-electron chi connectivity index (χ0n) is 12.1. The van der Waals surface area contributed by atoms with Crippen LogP contribution in [0.5, 0.6) is 0 Å². The molecule has 0 fully saturated rings. The first kappa shape index (κ1) is 15.3. The first-order chi connectivity index (χ1) is 11.2. The third kappa shape index (κ3) is 3.11. The lowest BCUT2D eigenvalue weighted by molar-refractivity contribution is -0.137. The van der Waals surface area contributed by atoms with Crippen LogP contribution in [-0.2, 0) is 9.53 Å². The second-order valence-corrected chi connectivity index (χ2v) is 5.38. The monoisotopic (exact) mass is 333 g/mol. The Morgan fingerprint density at radius 1 is 1.30 bits per heavy atom. The zero-order valence-corrected chi connectivity index (χ0v) is 12.9. The van der Waals surface area contributed by atoms with Crippen molar-refractivity contribution in [2.45, 2.75) is 5.16 Å². The summed E-state index contributed by atoms with van der Waals surface area (Å²) < 4.78 is 25.7. The highest BCUT2D eigenvalue weighted by atomic mass is 32.2. The van der Waals surface area contributed by atoms with E-state index in [1.54, 1.807) is 30.3 Å². The molecule has 0 saturated carbocycles. The van der Waals surface area contributed by atoms with Crippen molar-refractivity contribution in [2.24, 2.45) is 0 Å². The van der Waals surface area contributed by atoms with Gasteiger partial charge >= 0.3 is 5.97 Å². The van der Waals surface area contributed by atoms with E-state index in [0.717, 1.165) is 11.8 Å². The van der Waals surface area contributed by atoms with E-state index >= 15 is 0 Å². The molecule has 6 nitrogen and oxygen atoms in total. The number of benzene rings is 1. The van der Waals surface area contributed by atoms with Gasteiger partial charge in [0.1, 0.15) is 5.82 Å². The second kappa shape index (κ2) is 6.66. The standard InChI is InChI=1S/C15H12FN3O3S/c1-21-13(20)9-23-15-18-17-14(12-7-4-8-22-12)19(15)11-6-3-2-5-10(11)16/h2-8H,9H2,1H3. The Kier molecular flexibility index (Phi) is 4.42. The highest BCUT2D eigenvalue weighted by molar-refractivity contribution is 7.99. The molecule has 0 bridgehead atoms. The average Bonchev–Trinajstić information content (AvgIpc) is 3.22. The lowest BCUT2D eigenvalue weighted by Gasteiger charge is -2.09. The maximum absolute atomic E-state index is 14.2. The molecule has 0 aliphatic carbocycles. The first-order valence-electron chi connectivity index (χ1n) is 6.64. The minimum atomic E-state index is -0.431. The summed E-state index contributed by atoms with van der Waals surface area (Å²) in [5.41, 5.74) is 0.274. The number of hydrogen-bond donors (Lipinski definition) is 0. The van der Waals surface area contributed by atoms with Crippen LogP contribution in [0.3, 0.4) is 0 Å². The number of furan rings is 1. The Morgan fingerprint density at radius 2 is 2.13 bits per heavy atom. The molecule has 118 valence electrons. The van der Waals surface area contributed by atoms with Crippen molar-refractivity contribution < 1.29 is 18.3 Å². The molecule has 2 heterocycles. The summed E-state index contributed by atoms with van der Waals surface area (Å²) in [5.74, 6) is 0.0112. The molecule has 2 aromatic heterocycles. The molecule has 0 aliphatic rings. The lowest BCUT2D eigenvalue weighted by Crippen LogP contribution is -2.06. The van der Waals surface area contributed by atoms with E-state index in [9.17, 15) is 9.18 Å². The molecule has 3 rings (SSSR count). The van der Waals surface area contributed by atoms with Crippen molar-refractivity contribution in [3.05, 3.63) is 48.5 Å². The number of para-hydroxylation sites is 1. The Balaban J connectivity index is 2.07. The smallest absolute Gasteiger partial charge is 0.316 e. The predicted molar refractivity (Wildman–Crippen MR) is 81.8 cm³/mol. The minimum absolute atomic E-state index is 0.0429. The number of esters is 1. The average molecular weight is 333 g/mol. The van der Waals surface area contributed by atoms with Gasteiger partial charge in [0.2, 0.25) is 5.82 Å². The van der Waals surface area contributed by atoms with Gasteiger partial charge in [-0.2, -0.15) is 0 Å². The SMILES string of the molecule is COC(=O)CSc1nnc(-c2ccco2)n1-c1ccccc1F. The molecule has 0 radical (unpaired) electrons. The summed E-state index contributed by atoms with van der Waals surface area (Å²) in [5, 5.41) is 8.46. The molecule has 0 atom stereocenters. The topological polar surface area (TPSA) is 70.2 Å². The number of methoxy groups -OCH3 is 1. The molecule has 0 saturated heterocycles. The molecule has 0 spiro atoms. The van der Waals surface area contributed by atoms with Crippen LogP contribution in [0.25, 0.3) is 17.3 Å². The van der Waals surface area contributed by atoms with Crippen LogP contribution in [0, 0.1) is 5.82 Å². The number of carbonyl (C=O) groups is 1. The van der Waals surface area contributed by atoms with Gasteiger partial charge in [0, 0.05) is 0 Å². The van der Waals surface area contributed by atoms with Gasteiger partial charge in [0.15, 0.2) is 10.9 Å². The van der Waals surface area contributed by atoms with E-state index in [2.05, 4.69) is 14.9 Å². The quantitative estimate of drug-likeness (QED) is 0.528. The molecular formula is C15H12FN3O3S. The highest BCUT2D eigenvalue weighted by Crippen LogP contribution is 2.29. The number of rotatable bonds is 5. The van der Waals surface area contributed by atoms with Crippen LogP contribution < -0.4 is 0 Å². The van der Waals surface area contributed by atoms with Crippen molar-refractivity contribution >= 4 is 17.7 Å². The Hall–Kier alpha value is -2.61. The summed E-state index contributed by atoms with van der Waals surface area (Å²) >= 11 is 1.11. The molecular weight excluding hydrogens is 321 g/mol. The summed E-state index contributed by atoms with van der Waals surface area (Å²) in [7, 11) is 1.30. The van der Waals surface area contributed by atoms with Gasteiger partial charge in [-0.25, -0.2) is 4.39 Å². The number of aromatic nitrogens is 3. The van der Waals surface area contributed by atoms with E-state index < -0.39 is 11.8 Å². The highest BCUT2D eigenvalue weighted by Gasteiger charge is 2.20. The first-order valence-corrected chi connectivity index (χ1v) is 7.63. The summed E-state index contributed by atoms with van der Waals surface area (Å²) in [4.78, 5) is 11.3. The van der Waals surface area contributed by atoms with Gasteiger partial charge in [-0.1, -0.05) is 23.9 Å². The number of nitrogens with zero attached hydrogens (tertiary/aromatic N) is 3. The molecule has 0 unspecified atom stereocenters. The van der Waals surface area contributed by atoms with Crippen LogP contribution in [0.4, 0.5) is 4.39 Å². The van der Waals surface area contributed by atoms with Crippen LogP contribution in [0.15, 0.2) is 52.2 Å². The van der Waals surface area contributed by atoms with Crippen LogP contribution in [0.2, 0.25) is 0 Å². The molecule has 8 heteroatoms. The van der Waals surface area contributed by atoms with Crippen LogP contribution in [0.1, 0.15) is 0 Å². The molecule has 0 N–H and O–H groups in total. The van der Waals surface area contributed by atoms with E-state index in [1.807, 2.05) is 0 Å².